The van der Waals surface area contributed by atoms with E-state index in [9.17, 15) is 14.7 Å². The maximum absolute atomic E-state index is 12.4. The molecule has 1 aliphatic heterocycles. The van der Waals surface area contributed by atoms with Gasteiger partial charge in [0.15, 0.2) is 0 Å². The van der Waals surface area contributed by atoms with Gasteiger partial charge in [-0.15, -0.1) is 0 Å². The highest BCUT2D eigenvalue weighted by Gasteiger charge is 2.33. The summed E-state index contributed by atoms with van der Waals surface area (Å²) < 4.78 is 5.10. The van der Waals surface area contributed by atoms with E-state index in [1.165, 1.54) is 24.4 Å². The van der Waals surface area contributed by atoms with Crippen molar-refractivity contribution in [2.24, 2.45) is 0 Å². The zero-order valence-electron chi connectivity index (χ0n) is 10.7. The summed E-state index contributed by atoms with van der Waals surface area (Å²) >= 11 is 0. The van der Waals surface area contributed by atoms with Crippen LogP contribution in [0, 0.1) is 0 Å². The normalized spacial score (nSPS) is 19.0. The number of aromatic nitrogens is 1. The number of hydrogen-bond donors (Lipinski definition) is 1. The lowest BCUT2D eigenvalue weighted by Gasteiger charge is -2.33. The average molecular weight is 264 g/mol. The molecule has 1 aromatic heterocycles. The van der Waals surface area contributed by atoms with Crippen LogP contribution in [0.4, 0.5) is 0 Å². The van der Waals surface area contributed by atoms with Gasteiger partial charge in [0.1, 0.15) is 11.8 Å². The topological polar surface area (TPSA) is 79.7 Å². The zero-order chi connectivity index (χ0) is 13.8. The van der Waals surface area contributed by atoms with Crippen LogP contribution in [0.1, 0.15) is 29.6 Å². The highest BCUT2D eigenvalue weighted by atomic mass is 16.5. The smallest absolute Gasteiger partial charge is 0.326 e. The molecule has 2 rings (SSSR count). The van der Waals surface area contributed by atoms with Gasteiger partial charge >= 0.3 is 5.97 Å². The summed E-state index contributed by atoms with van der Waals surface area (Å²) in [5, 5.41) is 9.19. The van der Waals surface area contributed by atoms with E-state index in [2.05, 4.69) is 4.98 Å². The molecule has 2 heterocycles. The molecule has 102 valence electrons. The van der Waals surface area contributed by atoms with Crippen molar-refractivity contribution in [2.45, 2.75) is 25.3 Å². The number of methoxy groups -OCH3 is 1. The molecule has 1 aliphatic rings. The van der Waals surface area contributed by atoms with E-state index in [1.54, 1.807) is 6.07 Å². The van der Waals surface area contributed by atoms with Crippen molar-refractivity contribution < 1.29 is 19.4 Å². The van der Waals surface area contributed by atoms with E-state index in [-0.39, 0.29) is 5.91 Å². The Labute approximate surface area is 111 Å². The molecule has 1 saturated heterocycles. The van der Waals surface area contributed by atoms with Crippen molar-refractivity contribution in [3.63, 3.8) is 0 Å². The SMILES string of the molecule is COc1cnccc1C(=O)N1CCCC[C@@H]1C(=O)O. The van der Waals surface area contributed by atoms with Gasteiger partial charge in [-0.3, -0.25) is 9.78 Å². The molecule has 1 atom stereocenters. The van der Waals surface area contributed by atoms with E-state index >= 15 is 0 Å². The maximum atomic E-state index is 12.4. The second kappa shape index (κ2) is 5.69. The summed E-state index contributed by atoms with van der Waals surface area (Å²) in [6, 6.07) is 0.799. The summed E-state index contributed by atoms with van der Waals surface area (Å²) in [7, 11) is 1.46. The number of rotatable bonds is 3. The molecule has 1 amide bonds. The van der Waals surface area contributed by atoms with Crippen LogP contribution in [0.2, 0.25) is 0 Å². The Morgan fingerprint density at radius 1 is 1.47 bits per heavy atom. The summed E-state index contributed by atoms with van der Waals surface area (Å²) in [5.74, 6) is -0.908. The molecule has 0 saturated carbocycles. The number of ether oxygens (including phenoxy) is 1. The molecule has 1 aromatic rings. The summed E-state index contributed by atoms with van der Waals surface area (Å²) in [5.41, 5.74) is 0.352. The van der Waals surface area contributed by atoms with Gasteiger partial charge in [0.05, 0.1) is 18.9 Å². The largest absolute Gasteiger partial charge is 0.494 e. The minimum absolute atomic E-state index is 0.314. The molecule has 0 bridgehead atoms. The van der Waals surface area contributed by atoms with Crippen molar-refractivity contribution in [2.75, 3.05) is 13.7 Å². The Balaban J connectivity index is 2.29. The zero-order valence-corrected chi connectivity index (χ0v) is 10.7. The van der Waals surface area contributed by atoms with Gasteiger partial charge in [0, 0.05) is 12.7 Å². The average Bonchev–Trinajstić information content (AvgIpc) is 2.46. The van der Waals surface area contributed by atoms with E-state index < -0.39 is 12.0 Å². The molecule has 6 nitrogen and oxygen atoms in total. The van der Waals surface area contributed by atoms with E-state index in [1.807, 2.05) is 0 Å². The van der Waals surface area contributed by atoms with Crippen LogP contribution in [-0.4, -0.2) is 46.6 Å². The summed E-state index contributed by atoms with van der Waals surface area (Å²) in [4.78, 5) is 29.0. The van der Waals surface area contributed by atoms with Crippen LogP contribution in [0.25, 0.3) is 0 Å². The van der Waals surface area contributed by atoms with Gasteiger partial charge in [-0.05, 0) is 25.3 Å². The summed E-state index contributed by atoms with van der Waals surface area (Å²) in [6.07, 6.45) is 5.09. The van der Waals surface area contributed by atoms with Gasteiger partial charge in [-0.1, -0.05) is 0 Å². The van der Waals surface area contributed by atoms with E-state index in [4.69, 9.17) is 4.74 Å². The highest BCUT2D eigenvalue weighted by molar-refractivity contribution is 5.98. The fourth-order valence-corrected chi connectivity index (χ4v) is 2.31. The minimum atomic E-state index is -0.957. The predicted molar refractivity (Wildman–Crippen MR) is 67.1 cm³/mol. The van der Waals surface area contributed by atoms with Gasteiger partial charge in [-0.25, -0.2) is 4.79 Å². The number of likely N-dealkylation sites (tertiary alicyclic amines) is 1. The third-order valence-electron chi connectivity index (χ3n) is 3.28. The summed E-state index contributed by atoms with van der Waals surface area (Å²) in [6.45, 7) is 0.460. The number of nitrogens with zero attached hydrogens (tertiary/aromatic N) is 2. The van der Waals surface area contributed by atoms with E-state index in [0.29, 0.717) is 24.3 Å². The quantitative estimate of drug-likeness (QED) is 0.886. The van der Waals surface area contributed by atoms with Crippen LogP contribution in [0.5, 0.6) is 5.75 Å². The Morgan fingerprint density at radius 2 is 2.26 bits per heavy atom. The van der Waals surface area contributed by atoms with Crippen LogP contribution in [0.15, 0.2) is 18.5 Å². The predicted octanol–water partition coefficient (Wildman–Crippen LogP) is 1.17. The molecule has 1 N–H and O–H groups in total. The molecule has 0 aliphatic carbocycles. The minimum Gasteiger partial charge on any atom is -0.494 e. The molecule has 0 aromatic carbocycles. The first-order valence-electron chi connectivity index (χ1n) is 6.17. The Morgan fingerprint density at radius 3 is 2.95 bits per heavy atom. The highest BCUT2D eigenvalue weighted by Crippen LogP contribution is 2.23. The van der Waals surface area contributed by atoms with Gasteiger partial charge in [0.2, 0.25) is 0 Å². The fourth-order valence-electron chi connectivity index (χ4n) is 2.31. The lowest BCUT2D eigenvalue weighted by molar-refractivity contribution is -0.143. The second-order valence-corrected chi connectivity index (χ2v) is 4.42. The van der Waals surface area contributed by atoms with Crippen LogP contribution >= 0.6 is 0 Å². The molecular weight excluding hydrogens is 248 g/mol. The lowest BCUT2D eigenvalue weighted by Crippen LogP contribution is -2.48. The number of amides is 1. The van der Waals surface area contributed by atoms with Crippen molar-refractivity contribution in [1.29, 1.82) is 0 Å². The van der Waals surface area contributed by atoms with Crippen molar-refractivity contribution in [3.8, 4) is 5.75 Å². The number of hydrogen-bond acceptors (Lipinski definition) is 4. The van der Waals surface area contributed by atoms with Crippen molar-refractivity contribution in [3.05, 3.63) is 24.0 Å². The molecule has 19 heavy (non-hydrogen) atoms. The van der Waals surface area contributed by atoms with E-state index in [0.717, 1.165) is 12.8 Å². The van der Waals surface area contributed by atoms with Crippen molar-refractivity contribution >= 4 is 11.9 Å². The first-order chi connectivity index (χ1) is 9.15. The van der Waals surface area contributed by atoms with Crippen LogP contribution in [-0.2, 0) is 4.79 Å². The number of aliphatic carboxylic acids is 1. The first-order valence-corrected chi connectivity index (χ1v) is 6.17. The molecule has 0 radical (unpaired) electrons. The number of pyridine rings is 1. The Kier molecular flexibility index (Phi) is 3.99. The van der Waals surface area contributed by atoms with Crippen molar-refractivity contribution in [1.82, 2.24) is 9.88 Å². The van der Waals surface area contributed by atoms with Gasteiger partial charge < -0.3 is 14.7 Å². The molecular formula is C13H16N2O4. The standard InChI is InChI=1S/C13H16N2O4/c1-19-11-8-14-6-5-9(11)12(16)15-7-3-2-4-10(15)13(17)18/h5-6,8,10H,2-4,7H2,1H3,(H,17,18)/t10-/m1/s1. The van der Waals surface area contributed by atoms with Crippen LogP contribution < -0.4 is 4.74 Å². The number of carbonyl (C=O) groups excluding carboxylic acids is 1. The Hall–Kier alpha value is -2.11. The van der Waals surface area contributed by atoms with Crippen LogP contribution in [0.3, 0.4) is 0 Å². The third-order valence-corrected chi connectivity index (χ3v) is 3.28. The molecule has 6 heteroatoms. The molecule has 0 unspecified atom stereocenters. The fraction of sp³-hybridized carbons (Fsp3) is 0.462. The lowest BCUT2D eigenvalue weighted by atomic mass is 10.0. The number of piperidine rings is 1. The first kappa shape index (κ1) is 13.3. The number of carboxylic acid groups (broad SMARTS) is 1. The molecule has 1 fully saturated rings. The molecule has 0 spiro atoms. The number of carboxylic acids is 1. The Bertz CT molecular complexity index is 489. The van der Waals surface area contributed by atoms with Gasteiger partial charge in [0.25, 0.3) is 5.91 Å². The number of carbonyl (C=O) groups is 2. The second-order valence-electron chi connectivity index (χ2n) is 4.42. The third kappa shape index (κ3) is 2.67. The van der Waals surface area contributed by atoms with Gasteiger partial charge in [-0.2, -0.15) is 0 Å². The monoisotopic (exact) mass is 264 g/mol. The maximum Gasteiger partial charge on any atom is 0.326 e.